The third-order valence-electron chi connectivity index (χ3n) is 3.59. The molecular weight excluding hydrogens is 286 g/mol. The van der Waals surface area contributed by atoms with Crippen LogP contribution in [0, 0.1) is 0 Å². The van der Waals surface area contributed by atoms with Gasteiger partial charge in [0.2, 0.25) is 5.91 Å². The molecule has 0 aromatic heterocycles. The maximum atomic E-state index is 12.4. The third kappa shape index (κ3) is 4.45. The molecule has 0 aliphatic rings. The highest BCUT2D eigenvalue weighted by atomic mass is 35.5. The van der Waals surface area contributed by atoms with Gasteiger partial charge in [-0.25, -0.2) is 0 Å². The van der Waals surface area contributed by atoms with Gasteiger partial charge in [-0.2, -0.15) is 0 Å². The van der Waals surface area contributed by atoms with Crippen LogP contribution in [0.3, 0.4) is 0 Å². The Morgan fingerprint density at radius 3 is 2.24 bits per heavy atom. The van der Waals surface area contributed by atoms with Crippen LogP contribution in [0.15, 0.2) is 18.2 Å². The Morgan fingerprint density at radius 2 is 1.81 bits per heavy atom. The first kappa shape index (κ1) is 18.0. The number of rotatable bonds is 8. The van der Waals surface area contributed by atoms with Crippen LogP contribution in [0.5, 0.6) is 0 Å². The Hall–Kier alpha value is -1.06. The zero-order chi connectivity index (χ0) is 15.8. The summed E-state index contributed by atoms with van der Waals surface area (Å²) >= 11 is 5.83. The van der Waals surface area contributed by atoms with Gasteiger partial charge in [0, 0.05) is 6.61 Å². The molecule has 3 nitrogen and oxygen atoms in total. The first-order valence-electron chi connectivity index (χ1n) is 7.67. The van der Waals surface area contributed by atoms with Crippen LogP contribution in [0.2, 0.25) is 0 Å². The maximum absolute atomic E-state index is 12.4. The average molecular weight is 312 g/mol. The van der Waals surface area contributed by atoms with E-state index >= 15 is 0 Å². The predicted molar refractivity (Wildman–Crippen MR) is 89.4 cm³/mol. The van der Waals surface area contributed by atoms with Crippen molar-refractivity contribution < 1.29 is 9.53 Å². The van der Waals surface area contributed by atoms with Crippen molar-refractivity contribution in [3.8, 4) is 0 Å². The Kier molecular flexibility index (Phi) is 7.76. The SMILES string of the molecule is CCOCC(C)N(C(=O)CCl)c1c(CC)cccc1CC. The lowest BCUT2D eigenvalue weighted by molar-refractivity contribution is -0.117. The number of carbonyl (C=O) groups is 1. The number of nitrogens with zero attached hydrogens (tertiary/aromatic N) is 1. The number of para-hydroxylation sites is 1. The molecule has 0 heterocycles. The summed E-state index contributed by atoms with van der Waals surface area (Å²) in [6.45, 7) is 9.33. The van der Waals surface area contributed by atoms with Gasteiger partial charge in [-0.1, -0.05) is 32.0 Å². The van der Waals surface area contributed by atoms with E-state index in [4.69, 9.17) is 16.3 Å². The minimum atomic E-state index is -0.0699. The minimum absolute atomic E-state index is 0.0162. The molecule has 118 valence electrons. The van der Waals surface area contributed by atoms with Gasteiger partial charge < -0.3 is 9.64 Å². The molecule has 0 aliphatic carbocycles. The van der Waals surface area contributed by atoms with Gasteiger partial charge in [-0.15, -0.1) is 11.6 Å². The Morgan fingerprint density at radius 1 is 1.24 bits per heavy atom. The Labute approximate surface area is 133 Å². The fraction of sp³-hybridized carbons (Fsp3) is 0.588. The first-order chi connectivity index (χ1) is 10.1. The third-order valence-corrected chi connectivity index (χ3v) is 3.82. The van der Waals surface area contributed by atoms with Crippen LogP contribution >= 0.6 is 11.6 Å². The molecule has 0 spiro atoms. The van der Waals surface area contributed by atoms with Crippen LogP contribution in [-0.4, -0.2) is 31.0 Å². The van der Waals surface area contributed by atoms with Crippen LogP contribution in [0.4, 0.5) is 5.69 Å². The van der Waals surface area contributed by atoms with E-state index in [1.54, 1.807) is 0 Å². The maximum Gasteiger partial charge on any atom is 0.242 e. The molecule has 21 heavy (non-hydrogen) atoms. The summed E-state index contributed by atoms with van der Waals surface area (Å²) in [7, 11) is 0. The van der Waals surface area contributed by atoms with Crippen molar-refractivity contribution in [2.75, 3.05) is 24.0 Å². The molecule has 4 heteroatoms. The van der Waals surface area contributed by atoms with Crippen molar-refractivity contribution in [3.05, 3.63) is 29.3 Å². The molecule has 0 fully saturated rings. The van der Waals surface area contributed by atoms with Crippen LogP contribution in [0.25, 0.3) is 0 Å². The normalized spacial score (nSPS) is 12.2. The lowest BCUT2D eigenvalue weighted by Crippen LogP contribution is -2.43. The molecule has 0 bridgehead atoms. The topological polar surface area (TPSA) is 29.5 Å². The summed E-state index contributed by atoms with van der Waals surface area (Å²) in [6, 6.07) is 6.18. The Bertz CT molecular complexity index is 440. The number of anilines is 1. The minimum Gasteiger partial charge on any atom is -0.380 e. The molecule has 1 atom stereocenters. The molecule has 0 saturated carbocycles. The number of alkyl halides is 1. The second-order valence-corrected chi connectivity index (χ2v) is 5.31. The molecule has 1 amide bonds. The number of halogens is 1. The number of hydrogen-bond donors (Lipinski definition) is 0. The van der Waals surface area contributed by atoms with Gasteiger partial charge in [0.25, 0.3) is 0 Å². The van der Waals surface area contributed by atoms with E-state index in [-0.39, 0.29) is 17.8 Å². The fourth-order valence-electron chi connectivity index (χ4n) is 2.54. The van der Waals surface area contributed by atoms with Crippen LogP contribution < -0.4 is 4.90 Å². The second-order valence-electron chi connectivity index (χ2n) is 5.04. The van der Waals surface area contributed by atoms with E-state index in [0.717, 1.165) is 18.5 Å². The highest BCUT2D eigenvalue weighted by Crippen LogP contribution is 2.29. The molecule has 0 N–H and O–H groups in total. The lowest BCUT2D eigenvalue weighted by atomic mass is 10.0. The number of amides is 1. The average Bonchev–Trinajstić information content (AvgIpc) is 2.52. The number of ether oxygens (including phenoxy) is 1. The molecular formula is C17H26ClNO2. The van der Waals surface area contributed by atoms with E-state index < -0.39 is 0 Å². The predicted octanol–water partition coefficient (Wildman–Crippen LogP) is 3.81. The zero-order valence-corrected chi connectivity index (χ0v) is 14.2. The molecule has 1 unspecified atom stereocenters. The highest BCUT2D eigenvalue weighted by Gasteiger charge is 2.25. The molecule has 1 aromatic rings. The largest absolute Gasteiger partial charge is 0.380 e. The van der Waals surface area contributed by atoms with Crippen molar-refractivity contribution in [1.29, 1.82) is 0 Å². The van der Waals surface area contributed by atoms with Crippen molar-refractivity contribution in [2.24, 2.45) is 0 Å². The standard InChI is InChI=1S/C17H26ClNO2/c1-5-14-9-8-10-15(6-2)17(14)19(16(20)11-18)13(4)12-21-7-3/h8-10,13H,5-7,11-12H2,1-4H3. The van der Waals surface area contributed by atoms with E-state index in [9.17, 15) is 4.79 Å². The summed E-state index contributed by atoms with van der Waals surface area (Å²) in [5.74, 6) is -0.0861. The van der Waals surface area contributed by atoms with E-state index in [2.05, 4.69) is 32.0 Å². The summed E-state index contributed by atoms with van der Waals surface area (Å²) in [5, 5.41) is 0. The van der Waals surface area contributed by atoms with Crippen LogP contribution in [0.1, 0.15) is 38.8 Å². The van der Waals surface area contributed by atoms with Crippen LogP contribution in [-0.2, 0) is 22.4 Å². The molecule has 0 saturated heterocycles. The molecule has 1 rings (SSSR count). The summed E-state index contributed by atoms with van der Waals surface area (Å²) in [6.07, 6.45) is 1.77. The summed E-state index contributed by atoms with van der Waals surface area (Å²) in [4.78, 5) is 14.2. The van der Waals surface area contributed by atoms with Gasteiger partial charge in [0.05, 0.1) is 18.3 Å². The summed E-state index contributed by atoms with van der Waals surface area (Å²) in [5.41, 5.74) is 3.37. The van der Waals surface area contributed by atoms with Crippen molar-refractivity contribution in [1.82, 2.24) is 0 Å². The van der Waals surface area contributed by atoms with Gasteiger partial charge in [-0.05, 0) is 37.8 Å². The van der Waals surface area contributed by atoms with Crippen molar-refractivity contribution >= 4 is 23.2 Å². The molecule has 0 radical (unpaired) electrons. The second kappa shape index (κ2) is 9.06. The van der Waals surface area contributed by atoms with Gasteiger partial charge in [0.15, 0.2) is 0 Å². The monoisotopic (exact) mass is 311 g/mol. The van der Waals surface area contributed by atoms with Gasteiger partial charge >= 0.3 is 0 Å². The lowest BCUT2D eigenvalue weighted by Gasteiger charge is -2.32. The first-order valence-corrected chi connectivity index (χ1v) is 8.20. The fourth-order valence-corrected chi connectivity index (χ4v) is 2.67. The Balaban J connectivity index is 3.28. The highest BCUT2D eigenvalue weighted by molar-refractivity contribution is 6.29. The number of benzene rings is 1. The number of carbonyl (C=O) groups excluding carboxylic acids is 1. The van der Waals surface area contributed by atoms with Gasteiger partial charge in [-0.3, -0.25) is 4.79 Å². The van der Waals surface area contributed by atoms with Crippen molar-refractivity contribution in [3.63, 3.8) is 0 Å². The number of hydrogen-bond acceptors (Lipinski definition) is 2. The van der Waals surface area contributed by atoms with E-state index in [1.165, 1.54) is 11.1 Å². The van der Waals surface area contributed by atoms with Gasteiger partial charge in [0.1, 0.15) is 5.88 Å². The summed E-state index contributed by atoms with van der Waals surface area (Å²) < 4.78 is 5.50. The quantitative estimate of drug-likeness (QED) is 0.683. The zero-order valence-electron chi connectivity index (χ0n) is 13.5. The van der Waals surface area contributed by atoms with E-state index in [1.807, 2.05) is 18.7 Å². The van der Waals surface area contributed by atoms with E-state index in [0.29, 0.717) is 13.2 Å². The smallest absolute Gasteiger partial charge is 0.242 e. The number of aryl methyl sites for hydroxylation is 2. The molecule has 0 aliphatic heterocycles. The van der Waals surface area contributed by atoms with Crippen molar-refractivity contribution in [2.45, 2.75) is 46.6 Å². The molecule has 1 aromatic carbocycles.